The van der Waals surface area contributed by atoms with Gasteiger partial charge in [-0.2, -0.15) is 0 Å². The maximum absolute atomic E-state index is 4.86. The van der Waals surface area contributed by atoms with E-state index >= 15 is 0 Å². The van der Waals surface area contributed by atoms with Crippen molar-refractivity contribution in [3.05, 3.63) is 127 Å². The minimum atomic E-state index is -0.906. The molecule has 2 aliphatic rings. The van der Waals surface area contributed by atoms with Gasteiger partial charge in [0, 0.05) is 0 Å². The van der Waals surface area contributed by atoms with Crippen molar-refractivity contribution in [2.75, 3.05) is 0 Å². The zero-order valence-electron chi connectivity index (χ0n) is 24.0. The van der Waals surface area contributed by atoms with Crippen LogP contribution in [0.4, 0.5) is 0 Å². The Balaban J connectivity index is 0.000000162. The second-order valence-electron chi connectivity index (χ2n) is 11.6. The molecule has 214 valence electrons. The largest absolute Gasteiger partial charge is 1.00 e. The first-order valence-corrected chi connectivity index (χ1v) is 16.4. The standard InChI is InChI=1S/C18H15P.C16H24BN4.Cu/c1-4-10-16(11-5-1)19(17-12-6-2-7-13-17)18-14-8-3-9-15-18;1-13-9-11-20(18-13)17(21-12-10-14(2)19-21)15-5-3-6-16(17)8-4-7-15;/h1-15H;9-12,15-16H,3-8H2,1-2H3;/q;-1;+1/p+1. The fourth-order valence-corrected chi connectivity index (χ4v) is 10.1. The van der Waals surface area contributed by atoms with Gasteiger partial charge in [0.2, 0.25) is 6.42 Å². The fourth-order valence-electron chi connectivity index (χ4n) is 7.57. The quantitative estimate of drug-likeness (QED) is 0.162. The molecule has 0 unspecified atom stereocenters. The van der Waals surface area contributed by atoms with Crippen molar-refractivity contribution in [1.82, 2.24) is 19.4 Å². The Bertz CT molecular complexity index is 1350. The molecule has 3 aromatic carbocycles. The molecule has 4 nitrogen and oxygen atoms in total. The normalized spacial score (nSPS) is 19.1. The first-order chi connectivity index (χ1) is 19.7. The molecule has 0 amide bonds. The first kappa shape index (κ1) is 29.6. The Kier molecular flexibility index (Phi) is 9.66. The van der Waals surface area contributed by atoms with Crippen LogP contribution in [-0.4, -0.2) is 25.8 Å². The Morgan fingerprint density at radius 2 is 0.902 bits per heavy atom. The van der Waals surface area contributed by atoms with Gasteiger partial charge in [0.1, 0.15) is 15.9 Å². The average molecular weight is 610 g/mol. The third-order valence-electron chi connectivity index (χ3n) is 9.21. The molecule has 0 saturated carbocycles. The molecule has 2 aromatic heterocycles. The number of hydrogen-bond acceptors (Lipinski definition) is 2. The Morgan fingerprint density at radius 1 is 0.561 bits per heavy atom. The molecule has 2 aliphatic heterocycles. The van der Waals surface area contributed by atoms with Crippen LogP contribution in [0.5, 0.6) is 0 Å². The molecule has 2 bridgehead atoms. The summed E-state index contributed by atoms with van der Waals surface area (Å²) in [5, 5.41) is 14.0. The van der Waals surface area contributed by atoms with Crippen molar-refractivity contribution < 1.29 is 17.1 Å². The predicted octanol–water partition coefficient (Wildman–Crippen LogP) is 6.82. The van der Waals surface area contributed by atoms with Gasteiger partial charge < -0.3 is 9.19 Å². The van der Waals surface area contributed by atoms with E-state index in [9.17, 15) is 0 Å². The molecule has 7 rings (SSSR count). The second-order valence-corrected chi connectivity index (χ2v) is 14.1. The van der Waals surface area contributed by atoms with E-state index in [1.807, 2.05) is 0 Å². The van der Waals surface area contributed by atoms with Gasteiger partial charge in [-0.25, -0.2) is 10.2 Å². The van der Waals surface area contributed by atoms with Crippen LogP contribution in [0.3, 0.4) is 0 Å². The van der Waals surface area contributed by atoms with E-state index < -0.39 is 14.3 Å². The Hall–Kier alpha value is -2.91. The van der Waals surface area contributed by atoms with Gasteiger partial charge in [0.25, 0.3) is 0 Å². The third kappa shape index (κ3) is 6.02. The van der Waals surface area contributed by atoms with Gasteiger partial charge in [-0.1, -0.05) is 93.1 Å². The summed E-state index contributed by atoms with van der Waals surface area (Å²) in [7, 11) is -0.877. The molecule has 0 spiro atoms. The van der Waals surface area contributed by atoms with E-state index in [0.29, 0.717) is 0 Å². The Morgan fingerprint density at radius 3 is 1.20 bits per heavy atom. The minimum absolute atomic E-state index is 0. The summed E-state index contributed by atoms with van der Waals surface area (Å²) in [4.78, 5) is 0. The monoisotopic (exact) mass is 609 g/mol. The summed E-state index contributed by atoms with van der Waals surface area (Å²) in [6, 6.07) is 36.8. The molecule has 0 radical (unpaired) electrons. The van der Waals surface area contributed by atoms with E-state index in [-0.39, 0.29) is 17.1 Å². The van der Waals surface area contributed by atoms with E-state index in [1.54, 1.807) is 0 Å². The van der Waals surface area contributed by atoms with Crippen molar-refractivity contribution in [3.8, 4) is 0 Å². The first-order valence-electron chi connectivity index (χ1n) is 14.9. The fraction of sp³-hybridized carbons (Fsp3) is 0.294. The number of fused-ring (bicyclic) bond motifs is 2. The maximum atomic E-state index is 4.86. The summed E-state index contributed by atoms with van der Waals surface area (Å²) in [6.07, 6.45) is 11.5. The molecule has 2 saturated heterocycles. The number of hydrogen-bond donors (Lipinski definition) is 0. The van der Waals surface area contributed by atoms with E-state index in [2.05, 4.69) is 139 Å². The van der Waals surface area contributed by atoms with Crippen molar-refractivity contribution in [2.45, 2.75) is 64.0 Å². The van der Waals surface area contributed by atoms with Crippen LogP contribution in [-0.2, 0) is 17.1 Å². The molecular formula is C34H40BCuN4P+. The number of aryl methyl sites for hydroxylation is 2. The number of benzene rings is 3. The van der Waals surface area contributed by atoms with E-state index in [0.717, 1.165) is 23.0 Å². The molecule has 0 aliphatic carbocycles. The van der Waals surface area contributed by atoms with Crippen LogP contribution in [0.25, 0.3) is 0 Å². The van der Waals surface area contributed by atoms with Gasteiger partial charge in [0.05, 0.1) is 19.3 Å². The Labute approximate surface area is 256 Å². The number of nitrogens with zero attached hydrogens (tertiary/aromatic N) is 4. The van der Waals surface area contributed by atoms with Crippen LogP contribution in [0, 0.1) is 13.8 Å². The molecule has 4 heterocycles. The van der Waals surface area contributed by atoms with E-state index in [1.165, 1.54) is 54.4 Å². The van der Waals surface area contributed by atoms with Crippen LogP contribution in [0.1, 0.15) is 49.9 Å². The van der Waals surface area contributed by atoms with Gasteiger partial charge in [-0.3, -0.25) is 0 Å². The maximum Gasteiger partial charge on any atom is 1.00 e. The van der Waals surface area contributed by atoms with Crippen LogP contribution >= 0.6 is 7.92 Å². The molecule has 2 fully saturated rings. The zero-order valence-corrected chi connectivity index (χ0v) is 26.0. The topological polar surface area (TPSA) is 35.6 Å². The van der Waals surface area contributed by atoms with Crippen LogP contribution < -0.4 is 15.9 Å². The molecule has 5 aromatic rings. The second kappa shape index (κ2) is 13.4. The average Bonchev–Trinajstić information content (AvgIpc) is 3.63. The number of rotatable bonds is 5. The molecular weight excluding hydrogens is 570 g/mol. The summed E-state index contributed by atoms with van der Waals surface area (Å²) in [6.45, 7) is 4.18. The van der Waals surface area contributed by atoms with Gasteiger partial charge in [-0.05, 0) is 74.8 Å². The molecule has 7 heteroatoms. The summed E-state index contributed by atoms with van der Waals surface area (Å²) < 4.78 is 4.60. The molecule has 0 atom stereocenters. The third-order valence-corrected chi connectivity index (χ3v) is 11.9. The van der Waals surface area contributed by atoms with E-state index in [4.69, 9.17) is 10.2 Å². The summed E-state index contributed by atoms with van der Waals surface area (Å²) >= 11 is 0. The minimum Gasteiger partial charge on any atom is -0.422 e. The SMILES string of the molecule is Cc1ccn([B-]2(n3ccc(C)n3)C3CCCC2CCC3)n1.[Cu+].c1ccc([PH+](c2ccccc2)c2ccccc2)cc1. The van der Waals surface area contributed by atoms with Crippen LogP contribution in [0.15, 0.2) is 116 Å². The van der Waals surface area contributed by atoms with Crippen molar-refractivity contribution in [2.24, 2.45) is 0 Å². The summed E-state index contributed by atoms with van der Waals surface area (Å²) in [5.41, 5.74) is 2.23. The number of aromatic nitrogens is 4. The smallest absolute Gasteiger partial charge is 0.422 e. The van der Waals surface area contributed by atoms with Crippen molar-refractivity contribution in [3.63, 3.8) is 0 Å². The zero-order chi connectivity index (χ0) is 27.4. The predicted molar refractivity (Wildman–Crippen MR) is 172 cm³/mol. The van der Waals surface area contributed by atoms with Crippen molar-refractivity contribution >= 4 is 30.3 Å². The molecule has 0 N–H and O–H groups in total. The van der Waals surface area contributed by atoms with Crippen LogP contribution in [0.2, 0.25) is 11.6 Å². The van der Waals surface area contributed by atoms with Gasteiger partial charge in [0.15, 0.2) is 0 Å². The molecule has 41 heavy (non-hydrogen) atoms. The van der Waals surface area contributed by atoms with Crippen molar-refractivity contribution in [1.29, 1.82) is 0 Å². The summed E-state index contributed by atoms with van der Waals surface area (Å²) in [5.74, 6) is 1.44. The van der Waals surface area contributed by atoms with Gasteiger partial charge in [-0.15, -0.1) is 11.6 Å². The van der Waals surface area contributed by atoms with Gasteiger partial charge >= 0.3 is 17.1 Å².